The molecule has 0 aromatic heterocycles. The summed E-state index contributed by atoms with van der Waals surface area (Å²) in [6, 6.07) is 11.5. The van der Waals surface area contributed by atoms with Gasteiger partial charge in [-0.1, -0.05) is 43.2 Å². The van der Waals surface area contributed by atoms with E-state index >= 15 is 0 Å². The molecule has 1 aromatic carbocycles. The molecular weight excluding hydrogens is 324 g/mol. The quantitative estimate of drug-likeness (QED) is 0.814. The number of likely N-dealkylation sites (N-methyl/N-ethyl adjacent to an activating group) is 1. The van der Waals surface area contributed by atoms with Gasteiger partial charge in [0.25, 0.3) is 5.91 Å². The van der Waals surface area contributed by atoms with Crippen LogP contribution in [0.3, 0.4) is 0 Å². The second kappa shape index (κ2) is 8.10. The van der Waals surface area contributed by atoms with Crippen molar-refractivity contribution in [3.63, 3.8) is 0 Å². The molecule has 142 valence electrons. The first kappa shape index (κ1) is 18.0. The highest BCUT2D eigenvalue weighted by atomic mass is 16.5. The molecule has 0 aliphatic carbocycles. The summed E-state index contributed by atoms with van der Waals surface area (Å²) in [6.07, 6.45) is 7.76. The standard InChI is InChI=1S/C22H32N2O2/c1-23-14-8-3-6-12-19-21(23)18(17-10-4-2-5-11-17)16-24(19)22(25)20-13-7-9-15-26-20/h2,4-5,10-11,18-21H,3,6-9,12-16H2,1H3/t18-,19+,20?,21-/m0/s1. The van der Waals surface area contributed by atoms with Crippen LogP contribution in [0.1, 0.15) is 56.4 Å². The van der Waals surface area contributed by atoms with Crippen molar-refractivity contribution in [3.05, 3.63) is 35.9 Å². The number of carbonyl (C=O) groups is 1. The molecule has 4 heteroatoms. The van der Waals surface area contributed by atoms with E-state index in [1.165, 1.54) is 24.8 Å². The number of rotatable bonds is 2. The number of hydrogen-bond donors (Lipinski definition) is 0. The summed E-state index contributed by atoms with van der Waals surface area (Å²) in [5, 5.41) is 0. The summed E-state index contributed by atoms with van der Waals surface area (Å²) in [5.74, 6) is 0.643. The van der Waals surface area contributed by atoms with Crippen LogP contribution >= 0.6 is 0 Å². The fourth-order valence-electron chi connectivity index (χ4n) is 5.25. The molecule has 0 radical (unpaired) electrons. The predicted molar refractivity (Wildman–Crippen MR) is 103 cm³/mol. The van der Waals surface area contributed by atoms with E-state index in [2.05, 4.69) is 47.2 Å². The Kier molecular flexibility index (Phi) is 5.60. The van der Waals surface area contributed by atoms with Crippen molar-refractivity contribution in [1.29, 1.82) is 0 Å². The molecule has 0 N–H and O–H groups in total. The molecule has 4 atom stereocenters. The molecule has 1 unspecified atom stereocenters. The molecular formula is C22H32N2O2. The van der Waals surface area contributed by atoms with Crippen molar-refractivity contribution in [3.8, 4) is 0 Å². The Hall–Kier alpha value is -1.39. The van der Waals surface area contributed by atoms with Gasteiger partial charge in [-0.15, -0.1) is 0 Å². The zero-order valence-corrected chi connectivity index (χ0v) is 16.0. The lowest BCUT2D eigenvalue weighted by molar-refractivity contribution is -0.148. The SMILES string of the molecule is CN1CCCCC[C@@H]2[C@@H]1[C@H](c1ccccc1)CN2C(=O)C1CCCCO1. The average Bonchev–Trinajstić information content (AvgIpc) is 3.05. The van der Waals surface area contributed by atoms with E-state index in [0.29, 0.717) is 18.0 Å². The van der Waals surface area contributed by atoms with Gasteiger partial charge in [0.05, 0.1) is 0 Å². The van der Waals surface area contributed by atoms with Crippen LogP contribution in [0.25, 0.3) is 0 Å². The molecule has 1 amide bonds. The van der Waals surface area contributed by atoms with Gasteiger partial charge in [0.1, 0.15) is 6.10 Å². The van der Waals surface area contributed by atoms with Crippen molar-refractivity contribution in [2.24, 2.45) is 0 Å². The number of fused-ring (bicyclic) bond motifs is 1. The molecule has 3 heterocycles. The third-order valence-corrected chi connectivity index (χ3v) is 6.59. The Morgan fingerprint density at radius 3 is 2.62 bits per heavy atom. The molecule has 3 aliphatic rings. The lowest BCUT2D eigenvalue weighted by Gasteiger charge is -2.38. The van der Waals surface area contributed by atoms with Gasteiger partial charge < -0.3 is 14.5 Å². The second-order valence-corrected chi connectivity index (χ2v) is 8.25. The first-order chi connectivity index (χ1) is 12.8. The Balaban J connectivity index is 1.62. The summed E-state index contributed by atoms with van der Waals surface area (Å²) in [6.45, 7) is 2.70. The number of ether oxygens (including phenoxy) is 1. The third kappa shape index (κ3) is 3.54. The minimum atomic E-state index is -0.213. The van der Waals surface area contributed by atoms with E-state index in [9.17, 15) is 4.79 Å². The van der Waals surface area contributed by atoms with Crippen LogP contribution in [0.15, 0.2) is 30.3 Å². The van der Waals surface area contributed by atoms with Crippen molar-refractivity contribution in [2.75, 3.05) is 26.7 Å². The Bertz CT molecular complexity index is 599. The molecule has 0 bridgehead atoms. The number of hydrogen-bond acceptors (Lipinski definition) is 3. The molecule has 4 rings (SSSR count). The zero-order valence-electron chi connectivity index (χ0n) is 16.0. The van der Waals surface area contributed by atoms with Crippen LogP contribution in [0.5, 0.6) is 0 Å². The van der Waals surface area contributed by atoms with Crippen LogP contribution in [-0.4, -0.2) is 60.6 Å². The summed E-state index contributed by atoms with van der Waals surface area (Å²) >= 11 is 0. The van der Waals surface area contributed by atoms with Crippen LogP contribution in [-0.2, 0) is 9.53 Å². The fraction of sp³-hybridized carbons (Fsp3) is 0.682. The first-order valence-corrected chi connectivity index (χ1v) is 10.4. The van der Waals surface area contributed by atoms with Gasteiger partial charge >= 0.3 is 0 Å². The highest BCUT2D eigenvalue weighted by Gasteiger charge is 2.47. The molecule has 26 heavy (non-hydrogen) atoms. The Labute approximate surface area is 157 Å². The van der Waals surface area contributed by atoms with Crippen LogP contribution in [0.2, 0.25) is 0 Å². The van der Waals surface area contributed by atoms with E-state index in [-0.39, 0.29) is 12.0 Å². The minimum absolute atomic E-state index is 0.213. The maximum atomic E-state index is 13.3. The summed E-state index contributed by atoms with van der Waals surface area (Å²) in [4.78, 5) is 18.0. The number of carbonyl (C=O) groups excluding carboxylic acids is 1. The Morgan fingerprint density at radius 1 is 1.04 bits per heavy atom. The summed E-state index contributed by atoms with van der Waals surface area (Å²) < 4.78 is 5.85. The maximum Gasteiger partial charge on any atom is 0.252 e. The van der Waals surface area contributed by atoms with Crippen LogP contribution in [0, 0.1) is 0 Å². The van der Waals surface area contributed by atoms with Crippen molar-refractivity contribution in [1.82, 2.24) is 9.80 Å². The topological polar surface area (TPSA) is 32.8 Å². The van der Waals surface area contributed by atoms with Gasteiger partial charge in [-0.05, 0) is 51.3 Å². The molecule has 3 aliphatic heterocycles. The van der Waals surface area contributed by atoms with E-state index in [1.807, 2.05) is 0 Å². The lowest BCUT2D eigenvalue weighted by Crippen LogP contribution is -2.50. The number of amides is 1. The van der Waals surface area contributed by atoms with E-state index in [0.717, 1.165) is 45.4 Å². The van der Waals surface area contributed by atoms with Gasteiger partial charge in [-0.3, -0.25) is 4.79 Å². The predicted octanol–water partition coefficient (Wildman–Crippen LogP) is 3.42. The van der Waals surface area contributed by atoms with Gasteiger partial charge in [-0.25, -0.2) is 0 Å². The molecule has 1 aromatic rings. The third-order valence-electron chi connectivity index (χ3n) is 6.59. The molecule has 4 nitrogen and oxygen atoms in total. The molecule has 0 saturated carbocycles. The zero-order chi connectivity index (χ0) is 17.9. The smallest absolute Gasteiger partial charge is 0.252 e. The average molecular weight is 357 g/mol. The van der Waals surface area contributed by atoms with Gasteiger partial charge in [0.2, 0.25) is 0 Å². The largest absolute Gasteiger partial charge is 0.368 e. The fourth-order valence-corrected chi connectivity index (χ4v) is 5.25. The van der Waals surface area contributed by atoms with E-state index in [4.69, 9.17) is 4.74 Å². The summed E-state index contributed by atoms with van der Waals surface area (Å²) in [7, 11) is 2.25. The summed E-state index contributed by atoms with van der Waals surface area (Å²) in [5.41, 5.74) is 1.37. The van der Waals surface area contributed by atoms with E-state index < -0.39 is 0 Å². The molecule has 3 fully saturated rings. The molecule has 3 saturated heterocycles. The number of likely N-dealkylation sites (tertiary alicyclic amines) is 2. The highest BCUT2D eigenvalue weighted by molar-refractivity contribution is 5.82. The monoisotopic (exact) mass is 356 g/mol. The van der Waals surface area contributed by atoms with Crippen LogP contribution in [0.4, 0.5) is 0 Å². The molecule has 0 spiro atoms. The van der Waals surface area contributed by atoms with Crippen molar-refractivity contribution >= 4 is 5.91 Å². The first-order valence-electron chi connectivity index (χ1n) is 10.4. The lowest BCUT2D eigenvalue weighted by atomic mass is 9.87. The Morgan fingerprint density at radius 2 is 1.85 bits per heavy atom. The second-order valence-electron chi connectivity index (χ2n) is 8.25. The minimum Gasteiger partial charge on any atom is -0.368 e. The van der Waals surface area contributed by atoms with Crippen LogP contribution < -0.4 is 0 Å². The number of nitrogens with zero attached hydrogens (tertiary/aromatic N) is 2. The van der Waals surface area contributed by atoms with Gasteiger partial charge in [0, 0.05) is 31.2 Å². The van der Waals surface area contributed by atoms with Gasteiger partial charge in [0.15, 0.2) is 0 Å². The van der Waals surface area contributed by atoms with Crippen molar-refractivity contribution < 1.29 is 9.53 Å². The number of benzene rings is 1. The normalized spacial score (nSPS) is 33.3. The maximum absolute atomic E-state index is 13.3. The highest BCUT2D eigenvalue weighted by Crippen LogP contribution is 2.39. The van der Waals surface area contributed by atoms with Crippen molar-refractivity contribution in [2.45, 2.75) is 69.1 Å². The van der Waals surface area contributed by atoms with E-state index in [1.54, 1.807) is 0 Å². The van der Waals surface area contributed by atoms with Gasteiger partial charge in [-0.2, -0.15) is 0 Å².